The Bertz CT molecular complexity index is 561. The van der Waals surface area contributed by atoms with Crippen LogP contribution in [0.3, 0.4) is 0 Å². The van der Waals surface area contributed by atoms with Crippen LogP contribution >= 0.6 is 0 Å². The van der Waals surface area contributed by atoms with Gasteiger partial charge in [0.1, 0.15) is 6.10 Å². The molecule has 0 aromatic rings. The van der Waals surface area contributed by atoms with E-state index in [9.17, 15) is 9.90 Å². The molecule has 1 heterocycles. The van der Waals surface area contributed by atoms with E-state index in [4.69, 9.17) is 4.74 Å². The van der Waals surface area contributed by atoms with Crippen molar-refractivity contribution in [2.75, 3.05) is 6.61 Å². The van der Waals surface area contributed by atoms with E-state index in [1.165, 1.54) is 11.1 Å². The third-order valence-electron chi connectivity index (χ3n) is 4.56. The van der Waals surface area contributed by atoms with Gasteiger partial charge in [-0.15, -0.1) is 0 Å². The molecule has 1 N–H and O–H groups in total. The molecule has 0 fully saturated rings. The number of fused-ring (bicyclic) bond motifs is 1. The highest BCUT2D eigenvalue weighted by Crippen LogP contribution is 2.25. The number of hydrogen-bond acceptors (Lipinski definition) is 3. The highest BCUT2D eigenvalue weighted by Gasteiger charge is 2.25. The van der Waals surface area contributed by atoms with Gasteiger partial charge in [-0.3, -0.25) is 0 Å². The summed E-state index contributed by atoms with van der Waals surface area (Å²) in [5, 5.41) is 9.59. The Labute approximate surface area is 139 Å². The first-order valence-corrected chi connectivity index (χ1v) is 8.56. The van der Waals surface area contributed by atoms with Crippen LogP contribution in [0.5, 0.6) is 0 Å². The fourth-order valence-corrected chi connectivity index (χ4v) is 2.98. The van der Waals surface area contributed by atoms with Gasteiger partial charge >= 0.3 is 5.97 Å². The van der Waals surface area contributed by atoms with Gasteiger partial charge < -0.3 is 9.84 Å². The molecule has 1 aliphatic heterocycles. The van der Waals surface area contributed by atoms with Crippen LogP contribution in [0.15, 0.2) is 46.6 Å². The Morgan fingerprint density at radius 2 is 2.04 bits per heavy atom. The molecule has 2 aliphatic rings. The van der Waals surface area contributed by atoms with Gasteiger partial charge in [0.15, 0.2) is 0 Å². The number of esters is 1. The number of carbonyl (C=O) groups excluding carboxylic acids is 1. The van der Waals surface area contributed by atoms with Crippen molar-refractivity contribution < 1.29 is 14.6 Å². The van der Waals surface area contributed by atoms with Gasteiger partial charge in [0, 0.05) is 12.0 Å². The van der Waals surface area contributed by atoms with E-state index >= 15 is 0 Å². The molecule has 2 bridgehead atoms. The number of aliphatic hydroxyl groups excluding tert-OH is 1. The number of aliphatic hydroxyl groups is 1. The number of ether oxygens (including phenoxy) is 1. The van der Waals surface area contributed by atoms with Crippen molar-refractivity contribution in [3.63, 3.8) is 0 Å². The summed E-state index contributed by atoms with van der Waals surface area (Å²) in [5.41, 5.74) is 4.43. The van der Waals surface area contributed by atoms with Gasteiger partial charge in [-0.05, 0) is 50.2 Å². The molecule has 0 saturated heterocycles. The third-order valence-corrected chi connectivity index (χ3v) is 4.56. The first-order valence-electron chi connectivity index (χ1n) is 8.56. The zero-order valence-corrected chi connectivity index (χ0v) is 14.5. The summed E-state index contributed by atoms with van der Waals surface area (Å²) in [5.74, 6) is 0.286. The standard InChI is InChI=1S/C20H28O3/c1-14(2)17-9-7-15(3)5-4-6-18-12-19(23-20(18)22)11-16(13-21)8-10-17/h5,8,10,12,14,19,21H,4,6-7,9,11,13H2,1-3H3. The highest BCUT2D eigenvalue weighted by atomic mass is 16.5. The minimum absolute atomic E-state index is 0.00195. The predicted molar refractivity (Wildman–Crippen MR) is 92.9 cm³/mol. The van der Waals surface area contributed by atoms with Gasteiger partial charge in [-0.25, -0.2) is 4.79 Å². The molecular formula is C20H28O3. The van der Waals surface area contributed by atoms with Crippen molar-refractivity contribution in [3.8, 4) is 0 Å². The monoisotopic (exact) mass is 316 g/mol. The predicted octanol–water partition coefficient (Wildman–Crippen LogP) is 4.25. The smallest absolute Gasteiger partial charge is 0.334 e. The van der Waals surface area contributed by atoms with E-state index in [1.807, 2.05) is 12.2 Å². The van der Waals surface area contributed by atoms with Crippen molar-refractivity contribution in [1.82, 2.24) is 0 Å². The van der Waals surface area contributed by atoms with E-state index in [2.05, 4.69) is 32.9 Å². The van der Waals surface area contributed by atoms with Crippen LogP contribution in [0, 0.1) is 5.92 Å². The Kier molecular flexibility index (Phi) is 6.40. The van der Waals surface area contributed by atoms with Crippen LogP contribution in [0.1, 0.15) is 52.9 Å². The van der Waals surface area contributed by atoms with E-state index in [0.29, 0.717) is 12.3 Å². The fourth-order valence-electron chi connectivity index (χ4n) is 2.98. The van der Waals surface area contributed by atoms with Crippen LogP contribution in [-0.4, -0.2) is 23.8 Å². The lowest BCUT2D eigenvalue weighted by molar-refractivity contribution is -0.139. The highest BCUT2D eigenvalue weighted by molar-refractivity contribution is 5.90. The normalized spacial score (nSPS) is 23.5. The Morgan fingerprint density at radius 3 is 2.74 bits per heavy atom. The van der Waals surface area contributed by atoms with E-state index in [0.717, 1.165) is 36.8 Å². The minimum Gasteiger partial charge on any atom is -0.454 e. The summed E-state index contributed by atoms with van der Waals surface area (Å²) >= 11 is 0. The molecule has 0 aromatic heterocycles. The van der Waals surface area contributed by atoms with E-state index < -0.39 is 0 Å². The third kappa shape index (κ3) is 5.21. The Balaban J connectivity index is 2.27. The molecule has 1 atom stereocenters. The zero-order valence-electron chi connectivity index (χ0n) is 14.5. The van der Waals surface area contributed by atoms with Crippen LogP contribution in [0.4, 0.5) is 0 Å². The molecule has 1 aliphatic carbocycles. The Hall–Kier alpha value is -1.61. The second-order valence-electron chi connectivity index (χ2n) is 6.81. The molecule has 1 unspecified atom stereocenters. The summed E-state index contributed by atoms with van der Waals surface area (Å²) < 4.78 is 5.41. The molecule has 126 valence electrons. The number of allylic oxidation sites excluding steroid dienone is 5. The lowest BCUT2D eigenvalue weighted by atomic mass is 9.94. The Morgan fingerprint density at radius 1 is 1.26 bits per heavy atom. The molecule has 3 nitrogen and oxygen atoms in total. The molecule has 0 aromatic carbocycles. The molecule has 3 heteroatoms. The molecule has 2 rings (SSSR count). The average Bonchev–Trinajstić information content (AvgIpc) is 2.84. The topological polar surface area (TPSA) is 46.5 Å². The molecule has 0 radical (unpaired) electrons. The molecule has 0 spiro atoms. The minimum atomic E-state index is -0.236. The maximum absolute atomic E-state index is 11.9. The second-order valence-corrected chi connectivity index (χ2v) is 6.81. The summed E-state index contributed by atoms with van der Waals surface area (Å²) in [7, 11) is 0. The van der Waals surface area contributed by atoms with Crippen LogP contribution < -0.4 is 0 Å². The molecule has 0 saturated carbocycles. The van der Waals surface area contributed by atoms with Gasteiger partial charge in [0.05, 0.1) is 6.61 Å². The van der Waals surface area contributed by atoms with E-state index in [-0.39, 0.29) is 18.7 Å². The maximum atomic E-state index is 11.9. The van der Waals surface area contributed by atoms with Crippen molar-refractivity contribution in [1.29, 1.82) is 0 Å². The lowest BCUT2D eigenvalue weighted by Crippen LogP contribution is -2.10. The zero-order chi connectivity index (χ0) is 16.8. The average molecular weight is 316 g/mol. The first-order chi connectivity index (χ1) is 11.0. The van der Waals surface area contributed by atoms with Crippen LogP contribution in [-0.2, 0) is 9.53 Å². The summed E-state index contributed by atoms with van der Waals surface area (Å²) in [6.07, 6.45) is 12.3. The van der Waals surface area contributed by atoms with Gasteiger partial charge in [-0.2, -0.15) is 0 Å². The maximum Gasteiger partial charge on any atom is 0.334 e. The molecule has 0 amide bonds. The SMILES string of the molecule is CC1=CCCC2=CC(CC(CO)=CC=C(C(C)C)CC1)OC2=O. The molecule has 23 heavy (non-hydrogen) atoms. The van der Waals surface area contributed by atoms with Crippen LogP contribution in [0.2, 0.25) is 0 Å². The van der Waals surface area contributed by atoms with Gasteiger partial charge in [0.2, 0.25) is 0 Å². The van der Waals surface area contributed by atoms with Crippen molar-refractivity contribution in [3.05, 3.63) is 46.6 Å². The lowest BCUT2D eigenvalue weighted by Gasteiger charge is -2.13. The van der Waals surface area contributed by atoms with E-state index in [1.54, 1.807) is 0 Å². The molecular weight excluding hydrogens is 288 g/mol. The van der Waals surface area contributed by atoms with Crippen molar-refractivity contribution in [2.45, 2.75) is 59.0 Å². The summed E-state index contributed by atoms with van der Waals surface area (Å²) in [6, 6.07) is 0. The summed E-state index contributed by atoms with van der Waals surface area (Å²) in [4.78, 5) is 11.9. The fraction of sp³-hybridized carbons (Fsp3) is 0.550. The quantitative estimate of drug-likeness (QED) is 0.612. The first kappa shape index (κ1) is 17.7. The number of hydrogen-bond donors (Lipinski definition) is 1. The van der Waals surface area contributed by atoms with Crippen molar-refractivity contribution in [2.24, 2.45) is 5.92 Å². The van der Waals surface area contributed by atoms with Gasteiger partial charge in [-0.1, -0.05) is 43.2 Å². The number of rotatable bonds is 2. The van der Waals surface area contributed by atoms with Gasteiger partial charge in [0.25, 0.3) is 0 Å². The largest absolute Gasteiger partial charge is 0.454 e. The van der Waals surface area contributed by atoms with Crippen molar-refractivity contribution >= 4 is 5.97 Å². The summed E-state index contributed by atoms with van der Waals surface area (Å²) in [6.45, 7) is 6.56. The number of carbonyl (C=O) groups is 1. The van der Waals surface area contributed by atoms with Crippen LogP contribution in [0.25, 0.3) is 0 Å². The second kappa shape index (κ2) is 8.30.